The van der Waals surface area contributed by atoms with Gasteiger partial charge >= 0.3 is 6.03 Å². The van der Waals surface area contributed by atoms with E-state index >= 15 is 0 Å². The van der Waals surface area contributed by atoms with Gasteiger partial charge in [0.05, 0.1) is 43.2 Å². The van der Waals surface area contributed by atoms with Crippen molar-refractivity contribution in [2.45, 2.75) is 34.9 Å². The highest BCUT2D eigenvalue weighted by Gasteiger charge is 2.48. The number of nitrogens with one attached hydrogen (secondary N) is 1. The lowest BCUT2D eigenvalue weighted by molar-refractivity contribution is -0.387. The van der Waals surface area contributed by atoms with E-state index in [1.54, 1.807) is 48.5 Å². The number of barbiturate groups is 1. The molecule has 4 aromatic rings. The Morgan fingerprint density at radius 1 is 0.891 bits per heavy atom. The molecule has 14 heteroatoms. The number of imide groups is 3. The van der Waals surface area contributed by atoms with Crippen molar-refractivity contribution in [3.05, 3.63) is 88.0 Å². The number of benzene rings is 3. The summed E-state index contributed by atoms with van der Waals surface area (Å²) in [6.45, 7) is 0. The van der Waals surface area contributed by atoms with E-state index in [1.807, 2.05) is 0 Å². The third-order valence-corrected chi connectivity index (χ3v) is 10.4. The maximum atomic E-state index is 13.2. The number of fused-ring (bicyclic) bond motifs is 2. The predicted molar refractivity (Wildman–Crippen MR) is 170 cm³/mol. The van der Waals surface area contributed by atoms with Crippen LogP contribution < -0.4 is 15.1 Å². The van der Waals surface area contributed by atoms with Crippen molar-refractivity contribution in [2.75, 3.05) is 9.80 Å². The number of nitro groups is 1. The smallest absolute Gasteiger partial charge is 0.274 e. The van der Waals surface area contributed by atoms with Crippen LogP contribution in [0.15, 0.2) is 81.5 Å². The van der Waals surface area contributed by atoms with Crippen LogP contribution in [0, 0.1) is 22.0 Å². The van der Waals surface area contributed by atoms with Gasteiger partial charge in [-0.3, -0.25) is 39.5 Å². The van der Waals surface area contributed by atoms with Gasteiger partial charge in [0, 0.05) is 6.07 Å². The molecule has 0 spiro atoms. The summed E-state index contributed by atoms with van der Waals surface area (Å²) in [6.07, 6.45) is 4.53. The number of hydrogen-bond donors (Lipinski definition) is 1. The zero-order valence-electron chi connectivity index (χ0n) is 23.9. The summed E-state index contributed by atoms with van der Waals surface area (Å²) >= 11 is 2.35. The van der Waals surface area contributed by atoms with Crippen LogP contribution in [0.4, 0.5) is 21.9 Å². The SMILES string of the molecule is O=C1NC(=O)N(c2ccccc2)C(=O)/C1=C/c1ccc(Sc2nc3ccc(N4C(=O)[C@H]5CCCC[C@H]5C4=O)cc3s2)c([N+](=O)[O-])c1. The van der Waals surface area contributed by atoms with Gasteiger partial charge in [-0.05, 0) is 60.9 Å². The van der Waals surface area contributed by atoms with Crippen molar-refractivity contribution in [2.24, 2.45) is 11.8 Å². The summed E-state index contributed by atoms with van der Waals surface area (Å²) < 4.78 is 1.23. The number of nitro benzene ring substituents is 1. The Hall–Kier alpha value is -5.21. The average molecular weight is 654 g/mol. The minimum atomic E-state index is -0.909. The number of para-hydroxylation sites is 1. The van der Waals surface area contributed by atoms with E-state index in [0.29, 0.717) is 15.5 Å². The van der Waals surface area contributed by atoms with Gasteiger partial charge in [-0.2, -0.15) is 0 Å². The van der Waals surface area contributed by atoms with Crippen LogP contribution in [0.25, 0.3) is 16.3 Å². The molecule has 3 fully saturated rings. The Labute approximate surface area is 269 Å². The molecule has 1 saturated carbocycles. The van der Waals surface area contributed by atoms with Gasteiger partial charge in [-0.15, -0.1) is 11.3 Å². The Kier molecular flexibility index (Phi) is 7.45. The molecule has 1 aliphatic carbocycles. The van der Waals surface area contributed by atoms with Gasteiger partial charge < -0.3 is 0 Å². The van der Waals surface area contributed by atoms with Crippen LogP contribution in [0.2, 0.25) is 0 Å². The first-order valence-electron chi connectivity index (χ1n) is 14.4. The molecule has 3 aromatic carbocycles. The van der Waals surface area contributed by atoms with Gasteiger partial charge in [0.15, 0.2) is 4.34 Å². The van der Waals surface area contributed by atoms with Gasteiger partial charge in [0.25, 0.3) is 17.5 Å². The van der Waals surface area contributed by atoms with Crippen LogP contribution in [-0.2, 0) is 19.2 Å². The van der Waals surface area contributed by atoms with Crippen LogP contribution in [-0.4, -0.2) is 39.6 Å². The summed E-state index contributed by atoms with van der Waals surface area (Å²) in [4.78, 5) is 82.8. The highest BCUT2D eigenvalue weighted by Crippen LogP contribution is 2.43. The molecule has 2 saturated heterocycles. The number of carbonyl (C=O) groups is 5. The molecule has 12 nitrogen and oxygen atoms in total. The maximum Gasteiger partial charge on any atom is 0.335 e. The number of rotatable bonds is 6. The highest BCUT2D eigenvalue weighted by molar-refractivity contribution is 8.01. The number of nitrogens with zero attached hydrogens (tertiary/aromatic N) is 4. The molecule has 1 aromatic heterocycles. The normalized spacial score (nSPS) is 20.9. The van der Waals surface area contributed by atoms with Crippen molar-refractivity contribution in [3.8, 4) is 0 Å². The average Bonchev–Trinajstić information content (AvgIpc) is 3.56. The Morgan fingerprint density at radius 2 is 1.61 bits per heavy atom. The zero-order valence-corrected chi connectivity index (χ0v) is 25.5. The third kappa shape index (κ3) is 5.14. The van der Waals surface area contributed by atoms with Crippen LogP contribution in [0.1, 0.15) is 31.2 Å². The molecule has 46 heavy (non-hydrogen) atoms. The van der Waals surface area contributed by atoms with E-state index in [-0.39, 0.29) is 51.1 Å². The van der Waals surface area contributed by atoms with E-state index in [2.05, 4.69) is 10.3 Å². The minimum absolute atomic E-state index is 0.161. The third-order valence-electron chi connectivity index (χ3n) is 8.26. The zero-order chi connectivity index (χ0) is 32.1. The van der Waals surface area contributed by atoms with E-state index < -0.39 is 22.8 Å². The summed E-state index contributed by atoms with van der Waals surface area (Å²) in [5.74, 6) is -2.62. The first-order valence-corrected chi connectivity index (χ1v) is 16.0. The fraction of sp³-hybridized carbons (Fsp3) is 0.188. The highest BCUT2D eigenvalue weighted by atomic mass is 32.2. The second-order valence-corrected chi connectivity index (χ2v) is 13.3. The van der Waals surface area contributed by atoms with Crippen LogP contribution >= 0.6 is 23.1 Å². The second-order valence-electron chi connectivity index (χ2n) is 11.0. The minimum Gasteiger partial charge on any atom is -0.274 e. The molecule has 0 radical (unpaired) electrons. The molecule has 3 heterocycles. The molecular formula is C32H23N5O7S2. The standard InChI is InChI=1S/C32H23N5O7S2/c38-27-22(30(41)36(31(42)34-27)18-6-2-1-3-7-18)14-17-10-13-25(24(15-17)37(43)44)45-32-33-23-12-11-19(16-26(23)46-32)35-28(39)20-8-4-5-9-21(20)29(35)40/h1-3,6-7,10-16,20-21H,4-5,8-9H2,(H,34,38,42)/b22-14+/t20-,21+. The Balaban J connectivity index is 1.15. The van der Waals surface area contributed by atoms with Gasteiger partial charge in [0.1, 0.15) is 5.57 Å². The molecule has 6 amide bonds. The van der Waals surface area contributed by atoms with E-state index in [9.17, 15) is 34.1 Å². The Morgan fingerprint density at radius 3 is 2.30 bits per heavy atom. The molecule has 230 valence electrons. The van der Waals surface area contributed by atoms with Crippen molar-refractivity contribution in [1.29, 1.82) is 0 Å². The number of anilines is 2. The Bertz CT molecular complexity index is 2000. The van der Waals surface area contributed by atoms with Gasteiger partial charge in [-0.1, -0.05) is 48.9 Å². The molecular weight excluding hydrogens is 631 g/mol. The number of urea groups is 1. The summed E-state index contributed by atoms with van der Waals surface area (Å²) in [5.41, 5.74) is 0.974. The summed E-state index contributed by atoms with van der Waals surface area (Å²) in [6, 6.07) is 16.6. The molecule has 2 aliphatic heterocycles. The summed E-state index contributed by atoms with van der Waals surface area (Å²) in [7, 11) is 0. The monoisotopic (exact) mass is 653 g/mol. The fourth-order valence-electron chi connectivity index (χ4n) is 6.07. The van der Waals surface area contributed by atoms with Crippen molar-refractivity contribution < 1.29 is 28.9 Å². The van der Waals surface area contributed by atoms with Crippen molar-refractivity contribution >= 4 is 86.1 Å². The number of hydrogen-bond acceptors (Lipinski definition) is 10. The molecule has 3 aliphatic rings. The number of carbonyl (C=O) groups excluding carboxylic acids is 5. The maximum absolute atomic E-state index is 13.2. The number of aromatic nitrogens is 1. The summed E-state index contributed by atoms with van der Waals surface area (Å²) in [5, 5.41) is 14.2. The van der Waals surface area contributed by atoms with Crippen molar-refractivity contribution in [3.63, 3.8) is 0 Å². The van der Waals surface area contributed by atoms with Gasteiger partial charge in [0.2, 0.25) is 11.8 Å². The molecule has 0 unspecified atom stereocenters. The quantitative estimate of drug-likeness (QED) is 0.0905. The van der Waals surface area contributed by atoms with Crippen LogP contribution in [0.3, 0.4) is 0 Å². The lowest BCUT2D eigenvalue weighted by Crippen LogP contribution is -2.54. The van der Waals surface area contributed by atoms with E-state index in [0.717, 1.165) is 47.0 Å². The van der Waals surface area contributed by atoms with Gasteiger partial charge in [-0.25, -0.2) is 14.7 Å². The van der Waals surface area contributed by atoms with Crippen molar-refractivity contribution in [1.82, 2.24) is 10.3 Å². The van der Waals surface area contributed by atoms with Crippen LogP contribution in [0.5, 0.6) is 0 Å². The first-order chi connectivity index (χ1) is 22.2. The molecule has 0 bridgehead atoms. The lowest BCUT2D eigenvalue weighted by atomic mass is 9.81. The molecule has 1 N–H and O–H groups in total. The van der Waals surface area contributed by atoms with E-state index in [1.165, 1.54) is 40.5 Å². The number of amides is 6. The fourth-order valence-corrected chi connectivity index (χ4v) is 8.22. The second kappa shape index (κ2) is 11.6. The topological polar surface area (TPSA) is 160 Å². The molecule has 2 atom stereocenters. The number of thiazole rings is 1. The van der Waals surface area contributed by atoms with E-state index in [4.69, 9.17) is 0 Å². The largest absolute Gasteiger partial charge is 0.335 e. The predicted octanol–water partition coefficient (Wildman–Crippen LogP) is 5.70. The lowest BCUT2D eigenvalue weighted by Gasteiger charge is -2.26. The first kappa shape index (κ1) is 29.5. The molecule has 7 rings (SSSR count).